The molecule has 0 bridgehead atoms. The van der Waals surface area contributed by atoms with Crippen molar-refractivity contribution in [2.24, 2.45) is 5.92 Å². The molecule has 0 aromatic heterocycles. The topological polar surface area (TPSA) is 63.6 Å². The van der Waals surface area contributed by atoms with Crippen molar-refractivity contribution in [2.45, 2.75) is 25.9 Å². The third kappa shape index (κ3) is 2.64. The molecular weight excluding hydrogens is 220 g/mol. The van der Waals surface area contributed by atoms with Crippen molar-refractivity contribution in [3.05, 3.63) is 35.4 Å². The molecule has 0 heterocycles. The molecule has 1 aliphatic carbocycles. The summed E-state index contributed by atoms with van der Waals surface area (Å²) in [7, 11) is 0. The summed E-state index contributed by atoms with van der Waals surface area (Å²) in [4.78, 5) is 22.8. The van der Waals surface area contributed by atoms with E-state index in [-0.39, 0.29) is 17.2 Å². The van der Waals surface area contributed by atoms with Crippen LogP contribution in [0.1, 0.15) is 40.5 Å². The zero-order valence-electron chi connectivity index (χ0n) is 9.55. The molecule has 1 saturated carbocycles. The van der Waals surface area contributed by atoms with Gasteiger partial charge in [-0.15, -0.1) is 0 Å². The zero-order valence-corrected chi connectivity index (χ0v) is 9.55. The molecule has 4 heteroatoms. The van der Waals surface area contributed by atoms with E-state index in [4.69, 9.17) is 9.84 Å². The van der Waals surface area contributed by atoms with Crippen LogP contribution in [0.15, 0.2) is 24.3 Å². The van der Waals surface area contributed by atoms with E-state index < -0.39 is 11.9 Å². The Morgan fingerprint density at radius 2 is 1.88 bits per heavy atom. The SMILES string of the molecule is CC(OC(=O)c1ccccc1C(=O)O)C1CC1. The molecular formula is C13H14O4. The van der Waals surface area contributed by atoms with Gasteiger partial charge in [0.15, 0.2) is 0 Å². The standard InChI is InChI=1S/C13H14O4/c1-8(9-6-7-9)17-13(16)11-5-3-2-4-10(11)12(14)15/h2-5,8-9H,6-7H2,1H3,(H,14,15). The van der Waals surface area contributed by atoms with Crippen LogP contribution in [0.2, 0.25) is 0 Å². The largest absolute Gasteiger partial charge is 0.478 e. The van der Waals surface area contributed by atoms with Crippen molar-refractivity contribution >= 4 is 11.9 Å². The Kier molecular flexibility index (Phi) is 3.13. The van der Waals surface area contributed by atoms with Gasteiger partial charge in [-0.25, -0.2) is 9.59 Å². The maximum atomic E-state index is 11.8. The van der Waals surface area contributed by atoms with E-state index in [2.05, 4.69) is 0 Å². The van der Waals surface area contributed by atoms with Crippen molar-refractivity contribution < 1.29 is 19.4 Å². The van der Waals surface area contributed by atoms with E-state index in [0.717, 1.165) is 12.8 Å². The third-order valence-electron chi connectivity index (χ3n) is 2.96. The van der Waals surface area contributed by atoms with Crippen LogP contribution in [0.5, 0.6) is 0 Å². The summed E-state index contributed by atoms with van der Waals surface area (Å²) >= 11 is 0. The lowest BCUT2D eigenvalue weighted by atomic mass is 10.1. The third-order valence-corrected chi connectivity index (χ3v) is 2.96. The monoisotopic (exact) mass is 234 g/mol. The van der Waals surface area contributed by atoms with E-state index in [9.17, 15) is 9.59 Å². The number of carbonyl (C=O) groups excluding carboxylic acids is 1. The highest BCUT2D eigenvalue weighted by Crippen LogP contribution is 2.34. The molecule has 2 rings (SSSR count). The number of carbonyl (C=O) groups is 2. The summed E-state index contributed by atoms with van der Waals surface area (Å²) in [5.74, 6) is -1.23. The smallest absolute Gasteiger partial charge is 0.339 e. The molecule has 1 aromatic carbocycles. The van der Waals surface area contributed by atoms with Gasteiger partial charge >= 0.3 is 11.9 Å². The number of carboxylic acid groups (broad SMARTS) is 1. The molecule has 1 atom stereocenters. The Balaban J connectivity index is 2.15. The molecule has 0 radical (unpaired) electrons. The van der Waals surface area contributed by atoms with Crippen molar-refractivity contribution in [3.8, 4) is 0 Å². The number of hydrogen-bond donors (Lipinski definition) is 1. The number of rotatable bonds is 4. The lowest BCUT2D eigenvalue weighted by Gasteiger charge is -2.13. The summed E-state index contributed by atoms with van der Waals surface area (Å²) in [5.41, 5.74) is 0.105. The number of esters is 1. The minimum absolute atomic E-state index is 0.0134. The Morgan fingerprint density at radius 3 is 2.41 bits per heavy atom. The van der Waals surface area contributed by atoms with Crippen molar-refractivity contribution in [2.75, 3.05) is 0 Å². The van der Waals surface area contributed by atoms with E-state index in [1.54, 1.807) is 12.1 Å². The van der Waals surface area contributed by atoms with Crippen molar-refractivity contribution in [1.29, 1.82) is 0 Å². The van der Waals surface area contributed by atoms with Gasteiger partial charge in [-0.3, -0.25) is 0 Å². The predicted molar refractivity (Wildman–Crippen MR) is 61.0 cm³/mol. The summed E-state index contributed by atoms with van der Waals surface area (Å²) in [6.07, 6.45) is 2.02. The van der Waals surface area contributed by atoms with Gasteiger partial charge in [0, 0.05) is 0 Å². The van der Waals surface area contributed by atoms with Gasteiger partial charge in [-0.1, -0.05) is 12.1 Å². The minimum Gasteiger partial charge on any atom is -0.478 e. The summed E-state index contributed by atoms with van der Waals surface area (Å²) in [6, 6.07) is 6.10. The second kappa shape index (κ2) is 4.57. The molecule has 1 aromatic rings. The van der Waals surface area contributed by atoms with Gasteiger partial charge in [0.25, 0.3) is 0 Å². The maximum Gasteiger partial charge on any atom is 0.339 e. The van der Waals surface area contributed by atoms with Crippen LogP contribution >= 0.6 is 0 Å². The van der Waals surface area contributed by atoms with E-state index >= 15 is 0 Å². The second-order valence-corrected chi connectivity index (χ2v) is 4.30. The number of carboxylic acids is 1. The van der Waals surface area contributed by atoms with Gasteiger partial charge in [0.05, 0.1) is 11.1 Å². The van der Waals surface area contributed by atoms with Crippen LogP contribution in [0.4, 0.5) is 0 Å². The van der Waals surface area contributed by atoms with E-state index in [1.807, 2.05) is 6.92 Å². The lowest BCUT2D eigenvalue weighted by molar-refractivity contribution is 0.0289. The van der Waals surface area contributed by atoms with Crippen molar-refractivity contribution in [1.82, 2.24) is 0 Å². The van der Waals surface area contributed by atoms with Crippen LogP contribution in [0.25, 0.3) is 0 Å². The van der Waals surface area contributed by atoms with Gasteiger partial charge in [-0.2, -0.15) is 0 Å². The highest BCUT2D eigenvalue weighted by atomic mass is 16.5. The number of aromatic carboxylic acids is 1. The average Bonchev–Trinajstić information content (AvgIpc) is 3.12. The Labute approximate surface area is 99.2 Å². The molecule has 1 unspecified atom stereocenters. The van der Waals surface area contributed by atoms with Crippen LogP contribution < -0.4 is 0 Å². The fourth-order valence-corrected chi connectivity index (χ4v) is 1.74. The predicted octanol–water partition coefficient (Wildman–Crippen LogP) is 2.34. The first kappa shape index (κ1) is 11.6. The van der Waals surface area contributed by atoms with Crippen LogP contribution in [-0.4, -0.2) is 23.1 Å². The molecule has 1 aliphatic rings. The quantitative estimate of drug-likeness (QED) is 0.812. The van der Waals surface area contributed by atoms with Gasteiger partial charge in [0.2, 0.25) is 0 Å². The molecule has 4 nitrogen and oxygen atoms in total. The fraction of sp³-hybridized carbons (Fsp3) is 0.385. The van der Waals surface area contributed by atoms with E-state index in [0.29, 0.717) is 5.92 Å². The van der Waals surface area contributed by atoms with Gasteiger partial charge in [0.1, 0.15) is 6.10 Å². The van der Waals surface area contributed by atoms with Crippen LogP contribution in [-0.2, 0) is 4.74 Å². The maximum absolute atomic E-state index is 11.8. The minimum atomic E-state index is -1.11. The number of benzene rings is 1. The fourth-order valence-electron chi connectivity index (χ4n) is 1.74. The average molecular weight is 234 g/mol. The highest BCUT2D eigenvalue weighted by Gasteiger charge is 2.31. The Bertz CT molecular complexity index is 448. The van der Waals surface area contributed by atoms with Crippen LogP contribution in [0.3, 0.4) is 0 Å². The number of ether oxygens (including phenoxy) is 1. The Hall–Kier alpha value is -1.84. The molecule has 90 valence electrons. The second-order valence-electron chi connectivity index (χ2n) is 4.30. The number of hydrogen-bond acceptors (Lipinski definition) is 3. The molecule has 1 N–H and O–H groups in total. The molecule has 17 heavy (non-hydrogen) atoms. The summed E-state index contributed by atoms with van der Waals surface area (Å²) < 4.78 is 5.25. The molecule has 0 saturated heterocycles. The normalized spacial score (nSPS) is 16.3. The molecule has 0 spiro atoms. The Morgan fingerprint density at radius 1 is 1.29 bits per heavy atom. The first-order valence-corrected chi connectivity index (χ1v) is 5.63. The van der Waals surface area contributed by atoms with Crippen LogP contribution in [0, 0.1) is 5.92 Å². The van der Waals surface area contributed by atoms with Gasteiger partial charge < -0.3 is 9.84 Å². The molecule has 1 fully saturated rings. The summed E-state index contributed by atoms with van der Waals surface area (Å²) in [5, 5.41) is 8.96. The lowest BCUT2D eigenvalue weighted by Crippen LogP contribution is -2.19. The molecule has 0 aliphatic heterocycles. The van der Waals surface area contributed by atoms with E-state index in [1.165, 1.54) is 12.1 Å². The summed E-state index contributed by atoms with van der Waals surface area (Å²) in [6.45, 7) is 1.85. The van der Waals surface area contributed by atoms with Crippen molar-refractivity contribution in [3.63, 3.8) is 0 Å². The highest BCUT2D eigenvalue weighted by molar-refractivity contribution is 6.02. The first-order chi connectivity index (χ1) is 8.09. The van der Waals surface area contributed by atoms with Gasteiger partial charge in [-0.05, 0) is 37.8 Å². The first-order valence-electron chi connectivity index (χ1n) is 5.63. The molecule has 0 amide bonds. The zero-order chi connectivity index (χ0) is 12.4.